The molecule has 14 heavy (non-hydrogen) atoms. The maximum absolute atomic E-state index is 13.0. The molecule has 1 rings (SSSR count). The third-order valence-electron chi connectivity index (χ3n) is 1.41. The molecule has 0 saturated carbocycles. The summed E-state index contributed by atoms with van der Waals surface area (Å²) in [7, 11) is 0. The molecule has 0 radical (unpaired) electrons. The second-order valence-corrected chi connectivity index (χ2v) is 2.42. The van der Waals surface area contributed by atoms with Crippen LogP contribution in [0.25, 0.3) is 0 Å². The summed E-state index contributed by atoms with van der Waals surface area (Å²) in [4.78, 5) is 0. The molecule has 0 aliphatic heterocycles. The van der Waals surface area contributed by atoms with Crippen LogP contribution >= 0.6 is 0 Å². The normalized spacial score (nSPS) is 8.64. The number of nitriles is 1. The van der Waals surface area contributed by atoms with Crippen molar-refractivity contribution >= 4 is 0 Å². The van der Waals surface area contributed by atoms with E-state index < -0.39 is 22.9 Å². The van der Waals surface area contributed by atoms with E-state index in [1.165, 1.54) is 0 Å². The zero-order valence-corrected chi connectivity index (χ0v) is 7.01. The predicted molar refractivity (Wildman–Crippen MR) is 45.1 cm³/mol. The number of nitrogens with zero attached hydrogens (tertiary/aromatic N) is 1. The van der Waals surface area contributed by atoms with Crippen molar-refractivity contribution in [3.8, 4) is 23.7 Å². The molecule has 0 aliphatic rings. The van der Waals surface area contributed by atoms with Gasteiger partial charge in [-0.3, -0.25) is 0 Å². The highest BCUT2D eigenvalue weighted by atomic mass is 19.1. The van der Waals surface area contributed by atoms with Crippen LogP contribution in [0.2, 0.25) is 0 Å². The van der Waals surface area contributed by atoms with Crippen molar-refractivity contribution in [2.45, 2.75) is 6.42 Å². The van der Waals surface area contributed by atoms with E-state index >= 15 is 0 Å². The minimum Gasteiger partial charge on any atom is -0.508 e. The monoisotopic (exact) mass is 193 g/mol. The summed E-state index contributed by atoms with van der Waals surface area (Å²) in [5.41, 5.74) is -0.432. The molecule has 0 unspecified atom stereocenters. The Morgan fingerprint density at radius 2 is 1.86 bits per heavy atom. The zero-order valence-electron chi connectivity index (χ0n) is 7.01. The lowest BCUT2D eigenvalue weighted by Gasteiger charge is -1.97. The van der Waals surface area contributed by atoms with Crippen LogP contribution in [0.5, 0.6) is 5.75 Å². The van der Waals surface area contributed by atoms with E-state index in [0.29, 0.717) is 0 Å². The molecule has 70 valence electrons. The SMILES string of the molecule is N#CCC#Cc1c(F)cc(O)cc1F. The summed E-state index contributed by atoms with van der Waals surface area (Å²) in [6.45, 7) is 0. The van der Waals surface area contributed by atoms with Crippen molar-refractivity contribution in [1.82, 2.24) is 0 Å². The van der Waals surface area contributed by atoms with E-state index in [-0.39, 0.29) is 6.42 Å². The number of phenols is 1. The van der Waals surface area contributed by atoms with Gasteiger partial charge in [0.05, 0.1) is 18.1 Å². The molecule has 0 spiro atoms. The Morgan fingerprint density at radius 1 is 1.29 bits per heavy atom. The highest BCUT2D eigenvalue weighted by molar-refractivity contribution is 5.40. The Morgan fingerprint density at radius 3 is 2.36 bits per heavy atom. The average molecular weight is 193 g/mol. The Hall–Kier alpha value is -2.07. The van der Waals surface area contributed by atoms with Gasteiger partial charge in [-0.25, -0.2) is 8.78 Å². The molecule has 1 N–H and O–H groups in total. The van der Waals surface area contributed by atoms with Gasteiger partial charge in [-0.15, -0.1) is 0 Å². The van der Waals surface area contributed by atoms with Crippen LogP contribution in [0.4, 0.5) is 8.78 Å². The van der Waals surface area contributed by atoms with Gasteiger partial charge >= 0.3 is 0 Å². The van der Waals surface area contributed by atoms with Gasteiger partial charge in [-0.2, -0.15) is 5.26 Å². The van der Waals surface area contributed by atoms with Crippen molar-refractivity contribution in [3.05, 3.63) is 29.3 Å². The topological polar surface area (TPSA) is 44.0 Å². The van der Waals surface area contributed by atoms with Crippen molar-refractivity contribution in [1.29, 1.82) is 5.26 Å². The fourth-order valence-corrected chi connectivity index (χ4v) is 0.851. The molecule has 0 atom stereocenters. The standard InChI is InChI=1S/C10H5F2NO/c11-9-5-7(14)6-10(12)8(9)3-1-2-4-13/h5-6,14H,2H2. The molecule has 0 heterocycles. The lowest BCUT2D eigenvalue weighted by molar-refractivity contribution is 0.459. The highest BCUT2D eigenvalue weighted by Gasteiger charge is 2.07. The summed E-state index contributed by atoms with van der Waals surface area (Å²) in [6.07, 6.45) is -0.0975. The number of rotatable bonds is 0. The van der Waals surface area contributed by atoms with Crippen molar-refractivity contribution < 1.29 is 13.9 Å². The predicted octanol–water partition coefficient (Wildman–Crippen LogP) is 1.94. The van der Waals surface area contributed by atoms with Gasteiger partial charge < -0.3 is 5.11 Å². The number of halogens is 2. The molecular formula is C10H5F2NO. The zero-order chi connectivity index (χ0) is 10.6. The van der Waals surface area contributed by atoms with Gasteiger partial charge in [-0.05, 0) is 0 Å². The molecule has 0 aliphatic carbocycles. The molecular weight excluding hydrogens is 188 g/mol. The summed E-state index contributed by atoms with van der Waals surface area (Å²) in [5.74, 6) is 2.09. The third-order valence-corrected chi connectivity index (χ3v) is 1.41. The molecule has 0 aromatic heterocycles. The number of hydrogen-bond acceptors (Lipinski definition) is 2. The molecule has 1 aromatic carbocycles. The largest absolute Gasteiger partial charge is 0.508 e. The fourth-order valence-electron chi connectivity index (χ4n) is 0.851. The van der Waals surface area contributed by atoms with Gasteiger partial charge in [0.1, 0.15) is 17.4 Å². The van der Waals surface area contributed by atoms with E-state index in [1.807, 2.05) is 0 Å². The first-order valence-electron chi connectivity index (χ1n) is 3.69. The van der Waals surface area contributed by atoms with Crippen LogP contribution in [0.15, 0.2) is 12.1 Å². The molecule has 2 nitrogen and oxygen atoms in total. The summed E-state index contributed by atoms with van der Waals surface area (Å²) in [6, 6.07) is 3.25. The van der Waals surface area contributed by atoms with Crippen LogP contribution in [0, 0.1) is 34.8 Å². The highest BCUT2D eigenvalue weighted by Crippen LogP contribution is 2.18. The van der Waals surface area contributed by atoms with Gasteiger partial charge in [0.25, 0.3) is 0 Å². The van der Waals surface area contributed by atoms with Gasteiger partial charge in [-0.1, -0.05) is 11.8 Å². The maximum Gasteiger partial charge on any atom is 0.145 e. The van der Waals surface area contributed by atoms with Crippen LogP contribution in [-0.2, 0) is 0 Å². The molecule has 1 aromatic rings. The number of phenolic OH excluding ortho intramolecular Hbond substituents is 1. The number of hydrogen-bond donors (Lipinski definition) is 1. The van der Waals surface area contributed by atoms with E-state index in [4.69, 9.17) is 10.4 Å². The minimum absolute atomic E-state index is 0.0975. The summed E-state index contributed by atoms with van der Waals surface area (Å²) in [5, 5.41) is 17.0. The first kappa shape index (κ1) is 10.0. The second kappa shape index (κ2) is 4.25. The van der Waals surface area contributed by atoms with E-state index in [9.17, 15) is 8.78 Å². The lowest BCUT2D eigenvalue weighted by Crippen LogP contribution is -1.89. The molecule has 4 heteroatoms. The lowest BCUT2D eigenvalue weighted by atomic mass is 10.2. The van der Waals surface area contributed by atoms with Crippen LogP contribution in [0.3, 0.4) is 0 Å². The van der Waals surface area contributed by atoms with Crippen molar-refractivity contribution in [3.63, 3.8) is 0 Å². The molecule has 0 bridgehead atoms. The quantitative estimate of drug-likeness (QED) is 0.640. The van der Waals surface area contributed by atoms with Gasteiger partial charge in [0, 0.05) is 12.1 Å². The Balaban J connectivity index is 3.12. The van der Waals surface area contributed by atoms with E-state index in [2.05, 4.69) is 11.8 Å². The van der Waals surface area contributed by atoms with Crippen LogP contribution in [-0.4, -0.2) is 5.11 Å². The molecule has 0 fully saturated rings. The van der Waals surface area contributed by atoms with Gasteiger partial charge in [0.2, 0.25) is 0 Å². The Kier molecular flexibility index (Phi) is 3.04. The van der Waals surface area contributed by atoms with Crippen molar-refractivity contribution in [2.75, 3.05) is 0 Å². The summed E-state index contributed by atoms with van der Waals surface area (Å²) < 4.78 is 25.9. The van der Waals surface area contributed by atoms with Crippen LogP contribution in [0.1, 0.15) is 12.0 Å². The average Bonchev–Trinajstić information content (AvgIpc) is 2.09. The summed E-state index contributed by atoms with van der Waals surface area (Å²) >= 11 is 0. The molecule has 0 saturated heterocycles. The smallest absolute Gasteiger partial charge is 0.145 e. The Bertz CT molecular complexity index is 428. The molecule has 0 amide bonds. The maximum atomic E-state index is 13.0. The second-order valence-electron chi connectivity index (χ2n) is 2.42. The van der Waals surface area contributed by atoms with Gasteiger partial charge in [0.15, 0.2) is 0 Å². The Labute approximate surface area is 79.4 Å². The fraction of sp³-hybridized carbons (Fsp3) is 0.100. The van der Waals surface area contributed by atoms with Crippen LogP contribution < -0.4 is 0 Å². The number of aromatic hydroxyl groups is 1. The first-order valence-corrected chi connectivity index (χ1v) is 3.69. The van der Waals surface area contributed by atoms with E-state index in [0.717, 1.165) is 12.1 Å². The van der Waals surface area contributed by atoms with Crippen molar-refractivity contribution in [2.24, 2.45) is 0 Å². The first-order chi connectivity index (χ1) is 6.65. The van der Waals surface area contributed by atoms with E-state index in [1.54, 1.807) is 6.07 Å². The minimum atomic E-state index is -0.937. The third kappa shape index (κ3) is 2.21. The number of benzene rings is 1.